The van der Waals surface area contributed by atoms with E-state index in [0.29, 0.717) is 19.0 Å². The summed E-state index contributed by atoms with van der Waals surface area (Å²) in [5.74, 6) is 1.52. The molecule has 0 unspecified atom stereocenters. The molecule has 0 amide bonds. The van der Waals surface area contributed by atoms with Crippen molar-refractivity contribution in [1.29, 1.82) is 0 Å². The van der Waals surface area contributed by atoms with E-state index in [-0.39, 0.29) is 6.04 Å². The molecule has 0 spiro atoms. The number of pyridine rings is 2. The van der Waals surface area contributed by atoms with Gasteiger partial charge in [-0.2, -0.15) is 5.10 Å². The molecule has 4 aromatic rings. The van der Waals surface area contributed by atoms with Crippen molar-refractivity contribution in [2.24, 2.45) is 7.05 Å². The third kappa shape index (κ3) is 3.65. The largest absolute Gasteiger partial charge is 0.477 e. The zero-order valence-electron chi connectivity index (χ0n) is 17.1. The molecule has 8 heteroatoms. The Bertz CT molecular complexity index is 1130. The van der Waals surface area contributed by atoms with Crippen LogP contribution in [-0.4, -0.2) is 35.9 Å². The number of aromatic nitrogens is 6. The first-order valence-electron chi connectivity index (χ1n) is 9.75. The summed E-state index contributed by atoms with van der Waals surface area (Å²) in [5, 5.41) is 8.09. The molecule has 0 saturated heterocycles. The normalized spacial score (nSPS) is 11.3. The lowest BCUT2D eigenvalue weighted by Crippen LogP contribution is -2.09. The Kier molecular flexibility index (Phi) is 5.16. The summed E-state index contributed by atoms with van der Waals surface area (Å²) in [6.45, 7) is 7.30. The smallest absolute Gasteiger partial charge is 0.222 e. The van der Waals surface area contributed by atoms with Crippen molar-refractivity contribution in [1.82, 2.24) is 29.3 Å². The molecular formula is C21H25N7O. The molecule has 0 radical (unpaired) electrons. The van der Waals surface area contributed by atoms with Gasteiger partial charge in [0.1, 0.15) is 16.9 Å². The zero-order valence-corrected chi connectivity index (χ0v) is 17.1. The highest BCUT2D eigenvalue weighted by Crippen LogP contribution is 2.33. The monoisotopic (exact) mass is 391 g/mol. The van der Waals surface area contributed by atoms with Crippen molar-refractivity contribution in [3.8, 4) is 17.1 Å². The highest BCUT2D eigenvalue weighted by molar-refractivity contribution is 5.91. The van der Waals surface area contributed by atoms with Crippen LogP contribution in [-0.2, 0) is 13.6 Å². The van der Waals surface area contributed by atoms with Crippen LogP contribution in [0.4, 0.5) is 5.69 Å². The fraction of sp³-hybridized carbons (Fsp3) is 0.333. The molecule has 1 N–H and O–H groups in total. The molecule has 4 rings (SSSR count). The standard InChI is InChI=1S/C21H25N7O/c1-5-29-21-15(7-6-8-23-21)16-11-17(24-13-19-22-9-10-27(19)4)20-18(26-16)12-25-28(20)14(2)3/h6-12,14H,5,13H2,1-4H3,(H,24,26). The molecule has 0 aromatic carbocycles. The minimum atomic E-state index is 0.214. The second-order valence-corrected chi connectivity index (χ2v) is 7.07. The maximum atomic E-state index is 5.72. The van der Waals surface area contributed by atoms with Crippen LogP contribution in [0.15, 0.2) is 43.0 Å². The lowest BCUT2D eigenvalue weighted by molar-refractivity contribution is 0.328. The summed E-state index contributed by atoms with van der Waals surface area (Å²) in [4.78, 5) is 13.6. The second-order valence-electron chi connectivity index (χ2n) is 7.07. The van der Waals surface area contributed by atoms with Gasteiger partial charge in [-0.25, -0.2) is 15.0 Å². The summed E-state index contributed by atoms with van der Waals surface area (Å²) in [6.07, 6.45) is 7.27. The predicted octanol–water partition coefficient (Wildman–Crippen LogP) is 3.82. The third-order valence-corrected chi connectivity index (χ3v) is 4.73. The van der Waals surface area contributed by atoms with Crippen molar-refractivity contribution in [3.05, 3.63) is 48.8 Å². The summed E-state index contributed by atoms with van der Waals surface area (Å²) in [7, 11) is 1.99. The second kappa shape index (κ2) is 7.90. The summed E-state index contributed by atoms with van der Waals surface area (Å²) < 4.78 is 9.70. The molecule has 0 saturated carbocycles. The van der Waals surface area contributed by atoms with Gasteiger partial charge >= 0.3 is 0 Å². The zero-order chi connectivity index (χ0) is 20.4. The summed E-state index contributed by atoms with van der Waals surface area (Å²) in [6, 6.07) is 6.11. The highest BCUT2D eigenvalue weighted by Gasteiger charge is 2.17. The van der Waals surface area contributed by atoms with Gasteiger partial charge in [-0.1, -0.05) is 0 Å². The van der Waals surface area contributed by atoms with E-state index in [9.17, 15) is 0 Å². The maximum absolute atomic E-state index is 5.72. The van der Waals surface area contributed by atoms with Gasteiger partial charge < -0.3 is 14.6 Å². The van der Waals surface area contributed by atoms with E-state index in [1.807, 2.05) is 53.8 Å². The molecule has 0 aliphatic heterocycles. The van der Waals surface area contributed by atoms with Gasteiger partial charge in [0.25, 0.3) is 0 Å². The summed E-state index contributed by atoms with van der Waals surface area (Å²) >= 11 is 0. The number of hydrogen-bond donors (Lipinski definition) is 1. The topological polar surface area (TPSA) is 82.7 Å². The van der Waals surface area contributed by atoms with Crippen molar-refractivity contribution in [3.63, 3.8) is 0 Å². The molecule has 150 valence electrons. The van der Waals surface area contributed by atoms with Gasteiger partial charge in [-0.3, -0.25) is 4.68 Å². The van der Waals surface area contributed by atoms with Gasteiger partial charge in [0.15, 0.2) is 0 Å². The van der Waals surface area contributed by atoms with Gasteiger partial charge in [0, 0.05) is 31.7 Å². The molecule has 0 aliphatic carbocycles. The molecule has 8 nitrogen and oxygen atoms in total. The average molecular weight is 391 g/mol. The van der Waals surface area contributed by atoms with E-state index in [4.69, 9.17) is 9.72 Å². The Morgan fingerprint density at radius 3 is 2.79 bits per heavy atom. The molecule has 0 atom stereocenters. The Morgan fingerprint density at radius 2 is 2.07 bits per heavy atom. The fourth-order valence-electron chi connectivity index (χ4n) is 3.31. The van der Waals surface area contributed by atoms with Crippen molar-refractivity contribution in [2.75, 3.05) is 11.9 Å². The molecule has 29 heavy (non-hydrogen) atoms. The lowest BCUT2D eigenvalue weighted by Gasteiger charge is -2.15. The molecule has 0 fully saturated rings. The molecule has 4 heterocycles. The van der Waals surface area contributed by atoms with Gasteiger partial charge in [0.2, 0.25) is 5.88 Å². The van der Waals surface area contributed by atoms with Crippen molar-refractivity contribution < 1.29 is 4.74 Å². The van der Waals surface area contributed by atoms with Crippen LogP contribution < -0.4 is 10.1 Å². The SMILES string of the molecule is CCOc1ncccc1-c1cc(NCc2nccn2C)c2c(cnn2C(C)C)n1. The minimum absolute atomic E-state index is 0.214. The molecule has 0 bridgehead atoms. The Labute approximate surface area is 169 Å². The number of aryl methyl sites for hydroxylation is 1. The average Bonchev–Trinajstić information content (AvgIpc) is 3.33. The van der Waals surface area contributed by atoms with E-state index in [0.717, 1.165) is 33.8 Å². The van der Waals surface area contributed by atoms with E-state index in [1.54, 1.807) is 12.4 Å². The van der Waals surface area contributed by atoms with Gasteiger partial charge in [0.05, 0.1) is 36.3 Å². The number of anilines is 1. The van der Waals surface area contributed by atoms with Crippen LogP contribution in [0.5, 0.6) is 5.88 Å². The van der Waals surface area contributed by atoms with E-state index in [1.165, 1.54) is 0 Å². The number of nitrogens with one attached hydrogen (secondary N) is 1. The quantitative estimate of drug-likeness (QED) is 0.516. The first-order valence-corrected chi connectivity index (χ1v) is 9.75. The van der Waals surface area contributed by atoms with Crippen molar-refractivity contribution in [2.45, 2.75) is 33.4 Å². The predicted molar refractivity (Wildman–Crippen MR) is 113 cm³/mol. The number of ether oxygens (including phenoxy) is 1. The number of fused-ring (bicyclic) bond motifs is 1. The number of rotatable bonds is 7. The van der Waals surface area contributed by atoms with Crippen LogP contribution in [0.2, 0.25) is 0 Å². The van der Waals surface area contributed by atoms with E-state index in [2.05, 4.69) is 34.2 Å². The van der Waals surface area contributed by atoms with Gasteiger partial charge in [-0.15, -0.1) is 0 Å². The molecular weight excluding hydrogens is 366 g/mol. The third-order valence-electron chi connectivity index (χ3n) is 4.73. The maximum Gasteiger partial charge on any atom is 0.222 e. The minimum Gasteiger partial charge on any atom is -0.477 e. The van der Waals surface area contributed by atoms with Crippen LogP contribution >= 0.6 is 0 Å². The Morgan fingerprint density at radius 1 is 1.21 bits per heavy atom. The first kappa shape index (κ1) is 18.9. The highest BCUT2D eigenvalue weighted by atomic mass is 16.5. The van der Waals surface area contributed by atoms with Crippen LogP contribution in [0.25, 0.3) is 22.3 Å². The first-order chi connectivity index (χ1) is 14.1. The lowest BCUT2D eigenvalue weighted by atomic mass is 10.1. The Balaban J connectivity index is 1.82. The van der Waals surface area contributed by atoms with E-state index >= 15 is 0 Å². The number of nitrogens with zero attached hydrogens (tertiary/aromatic N) is 6. The number of hydrogen-bond acceptors (Lipinski definition) is 6. The van der Waals surface area contributed by atoms with Crippen LogP contribution in [0, 0.1) is 0 Å². The Hall–Kier alpha value is -3.42. The van der Waals surface area contributed by atoms with E-state index < -0.39 is 0 Å². The van der Waals surface area contributed by atoms with Gasteiger partial charge in [-0.05, 0) is 39.0 Å². The fourth-order valence-corrected chi connectivity index (χ4v) is 3.31. The van der Waals surface area contributed by atoms with Crippen molar-refractivity contribution >= 4 is 16.7 Å². The van der Waals surface area contributed by atoms with Crippen LogP contribution in [0.1, 0.15) is 32.6 Å². The summed E-state index contributed by atoms with van der Waals surface area (Å²) in [5.41, 5.74) is 4.39. The van der Waals surface area contributed by atoms with Crippen LogP contribution in [0.3, 0.4) is 0 Å². The molecule has 0 aliphatic rings. The number of imidazole rings is 1. The molecule has 4 aromatic heterocycles.